The van der Waals surface area contributed by atoms with Crippen LogP contribution < -0.4 is 10.6 Å². The lowest BCUT2D eigenvalue weighted by Gasteiger charge is -2.10. The van der Waals surface area contributed by atoms with Crippen molar-refractivity contribution in [1.29, 1.82) is 0 Å². The summed E-state index contributed by atoms with van der Waals surface area (Å²) in [7, 11) is 0. The van der Waals surface area contributed by atoms with Gasteiger partial charge in [-0.1, -0.05) is 19.0 Å². The standard InChI is InChI=1S/C14H26N4O2/c1-5-15-14(16-7-8-19-6-2)17-10-12-9-13(11(3)4)18-20-12/h9,11H,5-8,10H2,1-4H3,(H2,15,16,17). The number of rotatable bonds is 8. The van der Waals surface area contributed by atoms with Gasteiger partial charge in [-0.3, -0.25) is 0 Å². The van der Waals surface area contributed by atoms with Crippen molar-refractivity contribution in [3.8, 4) is 0 Å². The first-order chi connectivity index (χ1) is 9.67. The predicted octanol–water partition coefficient (Wildman–Crippen LogP) is 1.89. The summed E-state index contributed by atoms with van der Waals surface area (Å²) in [4.78, 5) is 4.46. The van der Waals surface area contributed by atoms with Crippen molar-refractivity contribution in [2.24, 2.45) is 4.99 Å². The molecule has 0 fully saturated rings. The fourth-order valence-corrected chi connectivity index (χ4v) is 1.56. The third kappa shape index (κ3) is 6.06. The largest absolute Gasteiger partial charge is 0.380 e. The van der Waals surface area contributed by atoms with Crippen LogP contribution in [-0.2, 0) is 11.3 Å². The molecule has 1 rings (SSSR count). The van der Waals surface area contributed by atoms with Gasteiger partial charge >= 0.3 is 0 Å². The Morgan fingerprint density at radius 2 is 2.20 bits per heavy atom. The van der Waals surface area contributed by atoms with E-state index in [1.807, 2.05) is 19.9 Å². The Morgan fingerprint density at radius 1 is 1.40 bits per heavy atom. The van der Waals surface area contributed by atoms with Crippen LogP contribution in [0, 0.1) is 0 Å². The van der Waals surface area contributed by atoms with E-state index in [1.165, 1.54) is 0 Å². The molecule has 1 heterocycles. The Hall–Kier alpha value is -1.56. The molecule has 20 heavy (non-hydrogen) atoms. The summed E-state index contributed by atoms with van der Waals surface area (Å²) in [6, 6.07) is 1.96. The molecule has 0 radical (unpaired) electrons. The lowest BCUT2D eigenvalue weighted by Crippen LogP contribution is -2.38. The summed E-state index contributed by atoms with van der Waals surface area (Å²) in [5, 5.41) is 10.4. The summed E-state index contributed by atoms with van der Waals surface area (Å²) in [5.74, 6) is 1.90. The fourth-order valence-electron chi connectivity index (χ4n) is 1.56. The number of nitrogens with one attached hydrogen (secondary N) is 2. The minimum Gasteiger partial charge on any atom is -0.380 e. The molecule has 0 saturated heterocycles. The Morgan fingerprint density at radius 3 is 2.80 bits per heavy atom. The van der Waals surface area contributed by atoms with E-state index in [9.17, 15) is 0 Å². The van der Waals surface area contributed by atoms with E-state index in [4.69, 9.17) is 9.26 Å². The maximum Gasteiger partial charge on any atom is 0.191 e. The van der Waals surface area contributed by atoms with E-state index >= 15 is 0 Å². The highest BCUT2D eigenvalue weighted by Crippen LogP contribution is 2.14. The Bertz CT molecular complexity index is 402. The summed E-state index contributed by atoms with van der Waals surface area (Å²) in [6.07, 6.45) is 0. The van der Waals surface area contributed by atoms with Crippen LogP contribution in [0.1, 0.15) is 45.1 Å². The molecule has 0 aliphatic rings. The third-order valence-corrected chi connectivity index (χ3v) is 2.65. The van der Waals surface area contributed by atoms with Crippen LogP contribution >= 0.6 is 0 Å². The van der Waals surface area contributed by atoms with Crippen LogP contribution in [0.15, 0.2) is 15.6 Å². The molecule has 6 heteroatoms. The van der Waals surface area contributed by atoms with Crippen LogP contribution in [-0.4, -0.2) is 37.4 Å². The molecule has 2 N–H and O–H groups in total. The van der Waals surface area contributed by atoms with E-state index in [2.05, 4.69) is 34.6 Å². The van der Waals surface area contributed by atoms with E-state index in [0.717, 1.165) is 37.1 Å². The minimum absolute atomic E-state index is 0.369. The van der Waals surface area contributed by atoms with Crippen LogP contribution in [0.2, 0.25) is 0 Å². The molecule has 0 atom stereocenters. The first kappa shape index (κ1) is 16.5. The minimum atomic E-state index is 0.369. The average Bonchev–Trinajstić information content (AvgIpc) is 2.90. The number of hydrogen-bond acceptors (Lipinski definition) is 4. The van der Waals surface area contributed by atoms with Gasteiger partial charge in [-0.15, -0.1) is 0 Å². The highest BCUT2D eigenvalue weighted by molar-refractivity contribution is 5.79. The highest BCUT2D eigenvalue weighted by Gasteiger charge is 2.07. The number of ether oxygens (including phenoxy) is 1. The van der Waals surface area contributed by atoms with E-state index in [0.29, 0.717) is 19.1 Å². The number of aliphatic imine (C=N–C) groups is 1. The summed E-state index contributed by atoms with van der Waals surface area (Å²) in [5.41, 5.74) is 0.963. The second kappa shape index (κ2) is 9.36. The number of nitrogens with zero attached hydrogens (tertiary/aromatic N) is 2. The van der Waals surface area contributed by atoms with Crippen molar-refractivity contribution < 1.29 is 9.26 Å². The second-order valence-corrected chi connectivity index (χ2v) is 4.69. The van der Waals surface area contributed by atoms with Crippen molar-refractivity contribution in [1.82, 2.24) is 15.8 Å². The molecule has 0 aromatic carbocycles. The van der Waals surface area contributed by atoms with Crippen LogP contribution in [0.25, 0.3) is 0 Å². The molecule has 6 nitrogen and oxygen atoms in total. The monoisotopic (exact) mass is 282 g/mol. The van der Waals surface area contributed by atoms with E-state index < -0.39 is 0 Å². The highest BCUT2D eigenvalue weighted by atomic mass is 16.5. The lowest BCUT2D eigenvalue weighted by molar-refractivity contribution is 0.152. The van der Waals surface area contributed by atoms with Crippen LogP contribution in [0.5, 0.6) is 0 Å². The molecule has 114 valence electrons. The normalized spacial score (nSPS) is 11.9. The number of guanidine groups is 1. The smallest absolute Gasteiger partial charge is 0.191 e. The van der Waals surface area contributed by atoms with Crippen molar-refractivity contribution >= 4 is 5.96 Å². The average molecular weight is 282 g/mol. The molecule has 0 spiro atoms. The van der Waals surface area contributed by atoms with E-state index in [1.54, 1.807) is 0 Å². The number of hydrogen-bond donors (Lipinski definition) is 2. The fraction of sp³-hybridized carbons (Fsp3) is 0.714. The second-order valence-electron chi connectivity index (χ2n) is 4.69. The Labute approximate surface area is 121 Å². The summed E-state index contributed by atoms with van der Waals surface area (Å²) >= 11 is 0. The van der Waals surface area contributed by atoms with Gasteiger partial charge in [0, 0.05) is 25.8 Å². The zero-order valence-corrected chi connectivity index (χ0v) is 12.9. The molecular formula is C14H26N4O2. The van der Waals surface area contributed by atoms with Gasteiger partial charge in [0.25, 0.3) is 0 Å². The van der Waals surface area contributed by atoms with Gasteiger partial charge in [-0.2, -0.15) is 0 Å². The van der Waals surface area contributed by atoms with Crippen molar-refractivity contribution in [3.63, 3.8) is 0 Å². The Balaban J connectivity index is 2.47. The van der Waals surface area contributed by atoms with Gasteiger partial charge in [0.1, 0.15) is 6.54 Å². The molecule has 0 unspecified atom stereocenters. The molecular weight excluding hydrogens is 256 g/mol. The molecule has 0 amide bonds. The zero-order valence-electron chi connectivity index (χ0n) is 12.9. The van der Waals surface area contributed by atoms with Crippen molar-refractivity contribution in [2.75, 3.05) is 26.3 Å². The lowest BCUT2D eigenvalue weighted by atomic mass is 10.1. The first-order valence-electron chi connectivity index (χ1n) is 7.22. The molecule has 0 aliphatic heterocycles. The van der Waals surface area contributed by atoms with Crippen molar-refractivity contribution in [3.05, 3.63) is 17.5 Å². The van der Waals surface area contributed by atoms with Crippen LogP contribution in [0.3, 0.4) is 0 Å². The summed E-state index contributed by atoms with van der Waals surface area (Å²) in [6.45, 7) is 11.6. The molecule has 0 saturated carbocycles. The molecule has 0 bridgehead atoms. The van der Waals surface area contributed by atoms with Gasteiger partial charge in [-0.05, 0) is 19.8 Å². The first-order valence-corrected chi connectivity index (χ1v) is 7.22. The topological polar surface area (TPSA) is 71.7 Å². The molecule has 0 aliphatic carbocycles. The number of aromatic nitrogens is 1. The van der Waals surface area contributed by atoms with Crippen molar-refractivity contribution in [2.45, 2.75) is 40.2 Å². The van der Waals surface area contributed by atoms with Gasteiger partial charge in [0.05, 0.1) is 12.3 Å². The molecule has 1 aromatic heterocycles. The van der Waals surface area contributed by atoms with Crippen LogP contribution in [0.4, 0.5) is 0 Å². The quantitative estimate of drug-likeness (QED) is 0.433. The Kier molecular flexibility index (Phi) is 7.72. The van der Waals surface area contributed by atoms with Gasteiger partial charge in [-0.25, -0.2) is 4.99 Å². The zero-order chi connectivity index (χ0) is 14.8. The predicted molar refractivity (Wildman–Crippen MR) is 79.9 cm³/mol. The third-order valence-electron chi connectivity index (χ3n) is 2.65. The maximum atomic E-state index is 5.28. The van der Waals surface area contributed by atoms with Gasteiger partial charge in [0.2, 0.25) is 0 Å². The maximum absolute atomic E-state index is 5.28. The summed E-state index contributed by atoms with van der Waals surface area (Å²) < 4.78 is 10.5. The van der Waals surface area contributed by atoms with Gasteiger partial charge < -0.3 is 19.9 Å². The molecule has 1 aromatic rings. The van der Waals surface area contributed by atoms with E-state index in [-0.39, 0.29) is 0 Å². The SMILES string of the molecule is CCNC(=NCc1cc(C(C)C)no1)NCCOCC. The van der Waals surface area contributed by atoms with Gasteiger partial charge in [0.15, 0.2) is 11.7 Å².